The number of aliphatic hydroxyl groups excluding tert-OH is 1. The molecule has 1 aromatic rings. The highest BCUT2D eigenvalue weighted by Gasteiger charge is 2.23. The molecule has 1 atom stereocenters. The van der Waals surface area contributed by atoms with Crippen molar-refractivity contribution >= 4 is 15.9 Å². The Kier molecular flexibility index (Phi) is 5.55. The summed E-state index contributed by atoms with van der Waals surface area (Å²) in [6.07, 6.45) is 3.13. The fraction of sp³-hybridized carbons (Fsp3) is 0.533. The van der Waals surface area contributed by atoms with Gasteiger partial charge in [0, 0.05) is 18.2 Å². The molecule has 0 aromatic heterocycles. The summed E-state index contributed by atoms with van der Waals surface area (Å²) in [5.74, 6) is -0.404. The molecule has 0 radical (unpaired) electrons. The highest BCUT2D eigenvalue weighted by molar-refractivity contribution is 7.89. The maximum Gasteiger partial charge on any atom is 0.251 e. The van der Waals surface area contributed by atoms with E-state index in [9.17, 15) is 18.3 Å². The standard InChI is InChI=1S/C15H22N2O4S/c1-11(18)10-16-15(19)12-5-4-8-14(9-12)22(20,21)17-13-6-2-3-7-13/h4-5,8-9,11,13,17-18H,2-3,6-7,10H2,1H3,(H,16,19). The quantitative estimate of drug-likeness (QED) is 0.727. The first kappa shape index (κ1) is 16.9. The van der Waals surface area contributed by atoms with E-state index in [1.54, 1.807) is 19.1 Å². The van der Waals surface area contributed by atoms with Crippen LogP contribution in [0.1, 0.15) is 43.0 Å². The van der Waals surface area contributed by atoms with Crippen molar-refractivity contribution in [3.05, 3.63) is 29.8 Å². The molecule has 1 fully saturated rings. The van der Waals surface area contributed by atoms with Crippen LogP contribution in [0.2, 0.25) is 0 Å². The Morgan fingerprint density at radius 2 is 2.05 bits per heavy atom. The third-order valence-corrected chi connectivity index (χ3v) is 5.16. The third-order valence-electron chi connectivity index (χ3n) is 3.64. The van der Waals surface area contributed by atoms with E-state index < -0.39 is 22.0 Å². The largest absolute Gasteiger partial charge is 0.392 e. The molecular formula is C15H22N2O4S. The van der Waals surface area contributed by atoms with Crippen molar-refractivity contribution in [2.75, 3.05) is 6.54 Å². The fourth-order valence-corrected chi connectivity index (χ4v) is 3.83. The van der Waals surface area contributed by atoms with Gasteiger partial charge in [0.15, 0.2) is 0 Å². The molecule has 1 saturated carbocycles. The molecule has 1 aliphatic rings. The predicted molar refractivity (Wildman–Crippen MR) is 83.0 cm³/mol. The van der Waals surface area contributed by atoms with Gasteiger partial charge in [-0.1, -0.05) is 18.9 Å². The number of carbonyl (C=O) groups is 1. The van der Waals surface area contributed by atoms with Gasteiger partial charge >= 0.3 is 0 Å². The minimum atomic E-state index is -3.61. The van der Waals surface area contributed by atoms with E-state index in [1.807, 2.05) is 0 Å². The molecule has 0 heterocycles. The molecule has 122 valence electrons. The van der Waals surface area contributed by atoms with Crippen molar-refractivity contribution in [1.29, 1.82) is 0 Å². The van der Waals surface area contributed by atoms with E-state index in [4.69, 9.17) is 0 Å². The fourth-order valence-electron chi connectivity index (χ4n) is 2.48. The van der Waals surface area contributed by atoms with Crippen LogP contribution in [-0.2, 0) is 10.0 Å². The van der Waals surface area contributed by atoms with E-state index in [2.05, 4.69) is 10.0 Å². The first-order valence-corrected chi connectivity index (χ1v) is 8.95. The molecule has 0 saturated heterocycles. The van der Waals surface area contributed by atoms with Gasteiger partial charge in [0.05, 0.1) is 11.0 Å². The van der Waals surface area contributed by atoms with Crippen molar-refractivity contribution < 1.29 is 18.3 Å². The van der Waals surface area contributed by atoms with Crippen LogP contribution < -0.4 is 10.0 Å². The van der Waals surface area contributed by atoms with E-state index in [0.717, 1.165) is 25.7 Å². The van der Waals surface area contributed by atoms with E-state index in [0.29, 0.717) is 0 Å². The van der Waals surface area contributed by atoms with E-state index >= 15 is 0 Å². The van der Waals surface area contributed by atoms with Crippen molar-refractivity contribution in [3.8, 4) is 0 Å². The zero-order valence-corrected chi connectivity index (χ0v) is 13.4. The van der Waals surface area contributed by atoms with E-state index in [-0.39, 0.29) is 23.0 Å². The van der Waals surface area contributed by atoms with Gasteiger partial charge in [0.1, 0.15) is 0 Å². The normalized spacial score (nSPS) is 17.4. The first-order valence-electron chi connectivity index (χ1n) is 7.47. The molecule has 1 unspecified atom stereocenters. The lowest BCUT2D eigenvalue weighted by Crippen LogP contribution is -2.33. The topological polar surface area (TPSA) is 95.5 Å². The van der Waals surface area contributed by atoms with Gasteiger partial charge < -0.3 is 10.4 Å². The number of hydrogen-bond acceptors (Lipinski definition) is 4. The summed E-state index contributed by atoms with van der Waals surface area (Å²) in [6.45, 7) is 1.68. The minimum absolute atomic E-state index is 0.0160. The second-order valence-electron chi connectivity index (χ2n) is 5.69. The summed E-state index contributed by atoms with van der Waals surface area (Å²) in [4.78, 5) is 12.0. The number of rotatable bonds is 6. The average Bonchev–Trinajstić information content (AvgIpc) is 2.97. The summed E-state index contributed by atoms with van der Waals surface area (Å²) in [5.41, 5.74) is 0.259. The van der Waals surface area contributed by atoms with Crippen LogP contribution in [0.15, 0.2) is 29.2 Å². The summed E-state index contributed by atoms with van der Waals surface area (Å²) in [6, 6.07) is 5.90. The molecule has 7 heteroatoms. The van der Waals surface area contributed by atoms with Crippen LogP contribution in [0.3, 0.4) is 0 Å². The molecular weight excluding hydrogens is 304 g/mol. The Bertz CT molecular complexity index is 622. The minimum Gasteiger partial charge on any atom is -0.392 e. The molecule has 1 aliphatic carbocycles. The zero-order valence-electron chi connectivity index (χ0n) is 12.6. The maximum atomic E-state index is 12.3. The summed E-state index contributed by atoms with van der Waals surface area (Å²) < 4.78 is 27.4. The molecule has 0 spiro atoms. The average molecular weight is 326 g/mol. The maximum absolute atomic E-state index is 12.3. The summed E-state index contributed by atoms with van der Waals surface area (Å²) in [5, 5.41) is 11.7. The van der Waals surface area contributed by atoms with Gasteiger partial charge in [-0.2, -0.15) is 0 Å². The number of aliphatic hydroxyl groups is 1. The molecule has 2 rings (SSSR count). The van der Waals surface area contributed by atoms with Gasteiger partial charge in [0.2, 0.25) is 10.0 Å². The van der Waals surface area contributed by atoms with Crippen LogP contribution >= 0.6 is 0 Å². The summed E-state index contributed by atoms with van der Waals surface area (Å²) in [7, 11) is -3.61. The summed E-state index contributed by atoms with van der Waals surface area (Å²) >= 11 is 0. The Morgan fingerprint density at radius 3 is 2.68 bits per heavy atom. The zero-order chi connectivity index (χ0) is 16.2. The number of amides is 1. The molecule has 0 aliphatic heterocycles. The highest BCUT2D eigenvalue weighted by Crippen LogP contribution is 2.20. The monoisotopic (exact) mass is 326 g/mol. The second kappa shape index (κ2) is 7.21. The van der Waals surface area contributed by atoms with Crippen LogP contribution in [0.4, 0.5) is 0 Å². The van der Waals surface area contributed by atoms with Crippen molar-refractivity contribution in [2.45, 2.75) is 49.6 Å². The Labute approximate surface area is 131 Å². The van der Waals surface area contributed by atoms with E-state index in [1.165, 1.54) is 12.1 Å². The van der Waals surface area contributed by atoms with Gasteiger partial charge in [-0.3, -0.25) is 4.79 Å². The van der Waals surface area contributed by atoms with Crippen molar-refractivity contribution in [1.82, 2.24) is 10.0 Å². The molecule has 22 heavy (non-hydrogen) atoms. The van der Waals surface area contributed by atoms with Crippen LogP contribution in [0.25, 0.3) is 0 Å². The molecule has 3 N–H and O–H groups in total. The van der Waals surface area contributed by atoms with Crippen molar-refractivity contribution in [2.24, 2.45) is 0 Å². The lowest BCUT2D eigenvalue weighted by Gasteiger charge is -2.13. The van der Waals surface area contributed by atoms with Crippen LogP contribution in [0.5, 0.6) is 0 Å². The van der Waals surface area contributed by atoms with Gasteiger partial charge in [-0.15, -0.1) is 0 Å². The van der Waals surface area contributed by atoms with Gasteiger partial charge in [-0.25, -0.2) is 13.1 Å². The SMILES string of the molecule is CC(O)CNC(=O)c1cccc(S(=O)(=O)NC2CCCC2)c1. The molecule has 6 nitrogen and oxygen atoms in total. The smallest absolute Gasteiger partial charge is 0.251 e. The lowest BCUT2D eigenvalue weighted by atomic mass is 10.2. The first-order chi connectivity index (χ1) is 10.4. The highest BCUT2D eigenvalue weighted by atomic mass is 32.2. The Balaban J connectivity index is 2.11. The Hall–Kier alpha value is -1.44. The van der Waals surface area contributed by atoms with Crippen molar-refractivity contribution in [3.63, 3.8) is 0 Å². The number of nitrogens with one attached hydrogen (secondary N) is 2. The van der Waals surface area contributed by atoms with Crippen LogP contribution in [-0.4, -0.2) is 38.1 Å². The third kappa shape index (κ3) is 4.53. The number of benzene rings is 1. The predicted octanol–water partition coefficient (Wildman–Crippen LogP) is 1.02. The molecule has 1 aromatic carbocycles. The lowest BCUT2D eigenvalue weighted by molar-refractivity contribution is 0.0924. The number of sulfonamides is 1. The molecule has 1 amide bonds. The number of hydrogen-bond donors (Lipinski definition) is 3. The van der Waals surface area contributed by atoms with Gasteiger partial charge in [0.25, 0.3) is 5.91 Å². The molecule has 0 bridgehead atoms. The second-order valence-corrected chi connectivity index (χ2v) is 7.40. The Morgan fingerprint density at radius 1 is 1.36 bits per heavy atom. The number of carbonyl (C=O) groups excluding carboxylic acids is 1. The van der Waals surface area contributed by atoms with Crippen LogP contribution in [0, 0.1) is 0 Å². The van der Waals surface area contributed by atoms with Gasteiger partial charge in [-0.05, 0) is 38.0 Å².